The van der Waals surface area contributed by atoms with Crippen LogP contribution in [-0.4, -0.2) is 36.5 Å². The van der Waals surface area contributed by atoms with Crippen LogP contribution in [0.15, 0.2) is 59.8 Å². The van der Waals surface area contributed by atoms with Gasteiger partial charge in [-0.25, -0.2) is 9.59 Å². The van der Waals surface area contributed by atoms with Crippen LogP contribution < -0.4 is 10.6 Å². The smallest absolute Gasteiger partial charge is 0.337 e. The second-order valence-corrected chi connectivity index (χ2v) is 7.55. The van der Waals surface area contributed by atoms with Crippen LogP contribution >= 0.6 is 11.6 Å². The molecule has 0 radical (unpaired) electrons. The number of urea groups is 1. The van der Waals surface area contributed by atoms with Crippen molar-refractivity contribution in [1.29, 1.82) is 0 Å². The molecule has 7 nitrogen and oxygen atoms in total. The maximum atomic E-state index is 12.7. The van der Waals surface area contributed by atoms with Crippen LogP contribution in [0, 0.1) is 0 Å². The van der Waals surface area contributed by atoms with E-state index >= 15 is 0 Å². The Morgan fingerprint density at radius 2 is 1.90 bits per heavy atom. The van der Waals surface area contributed by atoms with Crippen molar-refractivity contribution in [2.75, 3.05) is 19.0 Å². The van der Waals surface area contributed by atoms with Gasteiger partial charge in [-0.05, 0) is 55.3 Å². The normalized spacial score (nSPS) is 16.1. The van der Waals surface area contributed by atoms with Gasteiger partial charge in [0.15, 0.2) is 0 Å². The molecule has 2 N–H and O–H groups in total. The first kappa shape index (κ1) is 22.4. The standard InChI is InChI=1S/C23H24ClN3O4/c1-4-12-27-14(2)19(22(29)31-3)20(26-23(27)30)16-6-5-7-18(13-16)25-21(28)15-8-10-17(24)11-9-15/h5-11,13,20H,4,12H2,1-3H3,(H,25,28)(H,26,30). The fourth-order valence-corrected chi connectivity index (χ4v) is 3.63. The third kappa shape index (κ3) is 4.88. The number of nitrogens with zero attached hydrogens (tertiary/aromatic N) is 1. The average Bonchev–Trinajstić information content (AvgIpc) is 2.76. The van der Waals surface area contributed by atoms with Gasteiger partial charge >= 0.3 is 12.0 Å². The lowest BCUT2D eigenvalue weighted by Crippen LogP contribution is -2.48. The van der Waals surface area contributed by atoms with E-state index in [0.717, 1.165) is 6.42 Å². The summed E-state index contributed by atoms with van der Waals surface area (Å²) in [6, 6.07) is 12.6. The Morgan fingerprint density at radius 1 is 1.19 bits per heavy atom. The molecule has 1 unspecified atom stereocenters. The molecular formula is C23H24ClN3O4. The SMILES string of the molecule is CCCN1C(=O)NC(c2cccc(NC(=O)c3ccc(Cl)cc3)c2)C(C(=O)OC)=C1C. The van der Waals surface area contributed by atoms with Gasteiger partial charge in [0.25, 0.3) is 5.91 Å². The number of rotatable bonds is 6. The van der Waals surface area contributed by atoms with Gasteiger partial charge < -0.3 is 15.4 Å². The first-order valence-corrected chi connectivity index (χ1v) is 10.3. The Balaban J connectivity index is 1.92. The lowest BCUT2D eigenvalue weighted by atomic mass is 9.94. The molecule has 8 heteroatoms. The van der Waals surface area contributed by atoms with Gasteiger partial charge in [-0.3, -0.25) is 9.69 Å². The zero-order chi connectivity index (χ0) is 22.5. The van der Waals surface area contributed by atoms with E-state index in [4.69, 9.17) is 16.3 Å². The molecule has 0 saturated heterocycles. The molecule has 0 saturated carbocycles. The predicted molar refractivity (Wildman–Crippen MR) is 119 cm³/mol. The zero-order valence-electron chi connectivity index (χ0n) is 17.6. The third-order valence-electron chi connectivity index (χ3n) is 5.03. The lowest BCUT2D eigenvalue weighted by molar-refractivity contribution is -0.136. The van der Waals surface area contributed by atoms with E-state index < -0.39 is 12.0 Å². The van der Waals surface area contributed by atoms with Crippen LogP contribution in [0.3, 0.4) is 0 Å². The Bertz CT molecular complexity index is 1030. The molecule has 2 aromatic carbocycles. The van der Waals surface area contributed by atoms with E-state index in [9.17, 15) is 14.4 Å². The Kier molecular flexibility index (Phi) is 6.97. The quantitative estimate of drug-likeness (QED) is 0.645. The minimum atomic E-state index is -0.694. The third-order valence-corrected chi connectivity index (χ3v) is 5.29. The molecule has 162 valence electrons. The van der Waals surface area contributed by atoms with Gasteiger partial charge in [-0.2, -0.15) is 0 Å². The van der Waals surface area contributed by atoms with Crippen molar-refractivity contribution >= 4 is 35.2 Å². The number of hydrogen-bond donors (Lipinski definition) is 2. The number of esters is 1. The van der Waals surface area contributed by atoms with Crippen molar-refractivity contribution in [2.24, 2.45) is 0 Å². The maximum Gasteiger partial charge on any atom is 0.337 e. The molecule has 1 aliphatic heterocycles. The van der Waals surface area contributed by atoms with Crippen molar-refractivity contribution in [3.05, 3.63) is 76.0 Å². The molecule has 0 aliphatic carbocycles. The number of allylic oxidation sites excluding steroid dienone is 1. The van der Waals surface area contributed by atoms with Crippen LogP contribution in [0.5, 0.6) is 0 Å². The summed E-state index contributed by atoms with van der Waals surface area (Å²) in [5, 5.41) is 6.25. The van der Waals surface area contributed by atoms with Crippen LogP contribution in [0.25, 0.3) is 0 Å². The van der Waals surface area contributed by atoms with E-state index in [1.54, 1.807) is 55.5 Å². The number of hydrogen-bond acceptors (Lipinski definition) is 4. The number of nitrogens with one attached hydrogen (secondary N) is 2. The molecule has 1 aliphatic rings. The van der Waals surface area contributed by atoms with Crippen LogP contribution in [0.1, 0.15) is 42.2 Å². The Labute approximate surface area is 186 Å². The van der Waals surface area contributed by atoms with E-state index in [1.165, 1.54) is 12.0 Å². The fourth-order valence-electron chi connectivity index (χ4n) is 3.50. The van der Waals surface area contributed by atoms with Crippen molar-refractivity contribution in [3.63, 3.8) is 0 Å². The van der Waals surface area contributed by atoms with Gasteiger partial charge in [0, 0.05) is 28.5 Å². The monoisotopic (exact) mass is 441 g/mol. The van der Waals surface area contributed by atoms with E-state index in [0.29, 0.717) is 39.7 Å². The van der Waals surface area contributed by atoms with Crippen molar-refractivity contribution < 1.29 is 19.1 Å². The minimum absolute atomic E-state index is 0.285. The highest BCUT2D eigenvalue weighted by molar-refractivity contribution is 6.30. The Morgan fingerprint density at radius 3 is 2.55 bits per heavy atom. The molecule has 2 aromatic rings. The summed E-state index contributed by atoms with van der Waals surface area (Å²) in [7, 11) is 1.31. The van der Waals surface area contributed by atoms with Gasteiger partial charge in [0.2, 0.25) is 0 Å². The summed E-state index contributed by atoms with van der Waals surface area (Å²) in [5.41, 5.74) is 2.56. The summed E-state index contributed by atoms with van der Waals surface area (Å²) in [4.78, 5) is 39.3. The molecule has 1 heterocycles. The summed E-state index contributed by atoms with van der Waals surface area (Å²) >= 11 is 5.88. The Hall–Kier alpha value is -3.32. The van der Waals surface area contributed by atoms with E-state index in [2.05, 4.69) is 10.6 Å². The number of carbonyl (C=O) groups is 3. The summed E-state index contributed by atoms with van der Waals surface area (Å²) in [5.74, 6) is -0.810. The number of amides is 3. The topological polar surface area (TPSA) is 87.7 Å². The number of methoxy groups -OCH3 is 1. The second kappa shape index (κ2) is 9.66. The fraction of sp³-hybridized carbons (Fsp3) is 0.261. The van der Waals surface area contributed by atoms with Crippen molar-refractivity contribution in [1.82, 2.24) is 10.2 Å². The van der Waals surface area contributed by atoms with Gasteiger partial charge in [-0.15, -0.1) is 0 Å². The number of anilines is 1. The van der Waals surface area contributed by atoms with Crippen molar-refractivity contribution in [2.45, 2.75) is 26.3 Å². The van der Waals surface area contributed by atoms with E-state index in [-0.39, 0.29) is 11.9 Å². The number of benzene rings is 2. The molecule has 0 bridgehead atoms. The first-order valence-electron chi connectivity index (χ1n) is 9.89. The lowest BCUT2D eigenvalue weighted by Gasteiger charge is -2.35. The molecule has 3 rings (SSSR count). The summed E-state index contributed by atoms with van der Waals surface area (Å²) in [6.07, 6.45) is 0.746. The summed E-state index contributed by atoms with van der Waals surface area (Å²) < 4.78 is 4.98. The zero-order valence-corrected chi connectivity index (χ0v) is 18.3. The molecular weight excluding hydrogens is 418 g/mol. The number of halogens is 1. The van der Waals surface area contributed by atoms with Gasteiger partial charge in [0.1, 0.15) is 0 Å². The largest absolute Gasteiger partial charge is 0.466 e. The van der Waals surface area contributed by atoms with Gasteiger partial charge in [-0.1, -0.05) is 30.7 Å². The maximum absolute atomic E-state index is 12.7. The van der Waals surface area contributed by atoms with Crippen molar-refractivity contribution in [3.8, 4) is 0 Å². The minimum Gasteiger partial charge on any atom is -0.466 e. The first-order chi connectivity index (χ1) is 14.8. The van der Waals surface area contributed by atoms with E-state index in [1.807, 2.05) is 6.92 Å². The number of ether oxygens (including phenoxy) is 1. The molecule has 1 atom stereocenters. The molecule has 0 fully saturated rings. The van der Waals surface area contributed by atoms with Crippen LogP contribution in [0.4, 0.5) is 10.5 Å². The highest BCUT2D eigenvalue weighted by atomic mass is 35.5. The summed E-state index contributed by atoms with van der Waals surface area (Å²) in [6.45, 7) is 4.18. The van der Waals surface area contributed by atoms with Crippen LogP contribution in [0.2, 0.25) is 5.02 Å². The predicted octanol–water partition coefficient (Wildman–Crippen LogP) is 4.52. The van der Waals surface area contributed by atoms with Gasteiger partial charge in [0.05, 0.1) is 18.7 Å². The highest BCUT2D eigenvalue weighted by Crippen LogP contribution is 2.32. The molecule has 31 heavy (non-hydrogen) atoms. The highest BCUT2D eigenvalue weighted by Gasteiger charge is 2.36. The molecule has 3 amide bonds. The molecule has 0 spiro atoms. The average molecular weight is 442 g/mol. The second-order valence-electron chi connectivity index (χ2n) is 7.11. The van der Waals surface area contributed by atoms with Crippen LogP contribution in [-0.2, 0) is 9.53 Å². The molecule has 0 aromatic heterocycles. The number of carbonyl (C=O) groups excluding carboxylic acids is 3.